The SMILES string of the molecule is COc1ccc(OC(=O)c2c(N)oc3cc4c(C(=O)Oc5ccc(OC)cc5)c(N)oc4cc23)cc1. The molecule has 0 fully saturated rings. The Kier molecular flexibility index (Phi) is 5.61. The first-order valence-electron chi connectivity index (χ1n) is 10.6. The molecule has 0 bridgehead atoms. The summed E-state index contributed by atoms with van der Waals surface area (Å²) in [5, 5.41) is 0.671. The van der Waals surface area contributed by atoms with E-state index in [0.29, 0.717) is 33.8 Å². The number of nitrogen functional groups attached to an aromatic ring is 2. The number of ether oxygens (including phenoxy) is 4. The number of anilines is 2. The highest BCUT2D eigenvalue weighted by Gasteiger charge is 2.26. The summed E-state index contributed by atoms with van der Waals surface area (Å²) in [6.07, 6.45) is 0. The maximum atomic E-state index is 12.9. The van der Waals surface area contributed by atoms with Crippen molar-refractivity contribution < 1.29 is 37.4 Å². The normalized spacial score (nSPS) is 10.9. The Balaban J connectivity index is 1.48. The molecular weight excluding hydrogens is 468 g/mol. The van der Waals surface area contributed by atoms with Gasteiger partial charge in [-0.2, -0.15) is 0 Å². The lowest BCUT2D eigenvalue weighted by molar-refractivity contribution is 0.0727. The van der Waals surface area contributed by atoms with Gasteiger partial charge in [-0.25, -0.2) is 9.59 Å². The first kappa shape index (κ1) is 22.7. The van der Waals surface area contributed by atoms with Crippen LogP contribution in [0.15, 0.2) is 69.5 Å². The molecule has 0 unspecified atom stereocenters. The molecule has 4 N–H and O–H groups in total. The molecule has 0 radical (unpaired) electrons. The van der Waals surface area contributed by atoms with E-state index in [-0.39, 0.29) is 34.1 Å². The molecule has 0 aliphatic carbocycles. The van der Waals surface area contributed by atoms with Gasteiger partial charge < -0.3 is 39.2 Å². The fraction of sp³-hybridized carbons (Fsp3) is 0.0769. The van der Waals surface area contributed by atoms with Crippen molar-refractivity contribution in [3.8, 4) is 23.0 Å². The van der Waals surface area contributed by atoms with Crippen LogP contribution in [0.25, 0.3) is 21.9 Å². The third kappa shape index (κ3) is 4.00. The lowest BCUT2D eigenvalue weighted by atomic mass is 10.1. The summed E-state index contributed by atoms with van der Waals surface area (Å²) in [4.78, 5) is 25.8. The highest BCUT2D eigenvalue weighted by molar-refractivity contribution is 6.15. The number of carbonyl (C=O) groups is 2. The van der Waals surface area contributed by atoms with E-state index in [2.05, 4.69) is 0 Å². The van der Waals surface area contributed by atoms with Crippen molar-refractivity contribution in [2.24, 2.45) is 0 Å². The lowest BCUT2D eigenvalue weighted by Gasteiger charge is -2.05. The predicted molar refractivity (Wildman–Crippen MR) is 131 cm³/mol. The van der Waals surface area contributed by atoms with E-state index in [1.165, 1.54) is 26.4 Å². The average molecular weight is 488 g/mol. The zero-order chi connectivity index (χ0) is 25.4. The molecule has 0 saturated carbocycles. The molecular formula is C26H20N2O8. The average Bonchev–Trinajstić information content (AvgIpc) is 3.37. The van der Waals surface area contributed by atoms with E-state index >= 15 is 0 Å². The van der Waals surface area contributed by atoms with Gasteiger partial charge in [0.15, 0.2) is 0 Å². The van der Waals surface area contributed by atoms with Gasteiger partial charge in [-0.3, -0.25) is 0 Å². The second-order valence-electron chi connectivity index (χ2n) is 7.66. The Labute approximate surface area is 203 Å². The Morgan fingerprint density at radius 2 is 0.944 bits per heavy atom. The standard InChI is InChI=1S/C26H20N2O8/c1-31-13-3-7-15(8-4-13)33-25(29)21-17-11-20-18(12-19(17)35-23(21)27)22(24(28)36-20)26(30)34-16-9-5-14(32-2)6-10-16/h3-12H,27-28H2,1-2H3. The van der Waals surface area contributed by atoms with Gasteiger partial charge in [-0.15, -0.1) is 0 Å². The van der Waals surface area contributed by atoms with Crippen molar-refractivity contribution >= 4 is 45.6 Å². The van der Waals surface area contributed by atoms with Gasteiger partial charge in [0.1, 0.15) is 45.3 Å². The molecule has 36 heavy (non-hydrogen) atoms. The van der Waals surface area contributed by atoms with Gasteiger partial charge in [0, 0.05) is 10.8 Å². The number of rotatable bonds is 6. The van der Waals surface area contributed by atoms with Crippen LogP contribution in [0.3, 0.4) is 0 Å². The molecule has 0 aliphatic rings. The van der Waals surface area contributed by atoms with Crippen molar-refractivity contribution in [3.05, 3.63) is 71.8 Å². The Morgan fingerprint density at radius 1 is 0.611 bits per heavy atom. The van der Waals surface area contributed by atoms with E-state index in [1.807, 2.05) is 0 Å². The van der Waals surface area contributed by atoms with E-state index in [1.54, 1.807) is 48.5 Å². The number of methoxy groups -OCH3 is 2. The van der Waals surface area contributed by atoms with Gasteiger partial charge >= 0.3 is 11.9 Å². The summed E-state index contributed by atoms with van der Waals surface area (Å²) in [6.45, 7) is 0. The number of benzene rings is 3. The molecule has 0 saturated heterocycles. The second kappa shape index (κ2) is 8.91. The topological polar surface area (TPSA) is 149 Å². The van der Waals surface area contributed by atoms with Crippen LogP contribution in [-0.2, 0) is 0 Å². The van der Waals surface area contributed by atoms with Crippen LogP contribution < -0.4 is 30.4 Å². The maximum absolute atomic E-state index is 12.9. The van der Waals surface area contributed by atoms with Crippen LogP contribution in [0.2, 0.25) is 0 Å². The Hall–Kier alpha value is -5.12. The van der Waals surface area contributed by atoms with Crippen LogP contribution in [0, 0.1) is 0 Å². The summed E-state index contributed by atoms with van der Waals surface area (Å²) in [7, 11) is 3.07. The lowest BCUT2D eigenvalue weighted by Crippen LogP contribution is -2.10. The summed E-state index contributed by atoms with van der Waals surface area (Å²) >= 11 is 0. The van der Waals surface area contributed by atoms with Crippen LogP contribution in [0.5, 0.6) is 23.0 Å². The van der Waals surface area contributed by atoms with E-state index in [9.17, 15) is 9.59 Å². The third-order valence-corrected chi connectivity index (χ3v) is 5.50. The van der Waals surface area contributed by atoms with E-state index < -0.39 is 11.9 Å². The third-order valence-electron chi connectivity index (χ3n) is 5.50. The summed E-state index contributed by atoms with van der Waals surface area (Å²) < 4.78 is 32.3. The van der Waals surface area contributed by atoms with Gasteiger partial charge in [0.05, 0.1) is 14.2 Å². The van der Waals surface area contributed by atoms with Crippen molar-refractivity contribution in [2.75, 3.05) is 25.7 Å². The molecule has 2 heterocycles. The molecule has 3 aromatic carbocycles. The second-order valence-corrected chi connectivity index (χ2v) is 7.66. The molecule has 0 atom stereocenters. The van der Waals surface area contributed by atoms with Crippen molar-refractivity contribution in [3.63, 3.8) is 0 Å². The summed E-state index contributed by atoms with van der Waals surface area (Å²) in [5.41, 5.74) is 12.5. The number of hydrogen-bond acceptors (Lipinski definition) is 10. The van der Waals surface area contributed by atoms with Crippen molar-refractivity contribution in [2.45, 2.75) is 0 Å². The highest BCUT2D eigenvalue weighted by Crippen LogP contribution is 2.37. The smallest absolute Gasteiger partial charge is 0.349 e. The summed E-state index contributed by atoms with van der Waals surface area (Å²) in [6, 6.07) is 16.0. The van der Waals surface area contributed by atoms with Crippen LogP contribution in [0.4, 0.5) is 11.8 Å². The van der Waals surface area contributed by atoms with Crippen LogP contribution >= 0.6 is 0 Å². The molecule has 0 amide bonds. The Bertz CT molecular complexity index is 1480. The van der Waals surface area contributed by atoms with Gasteiger partial charge in [-0.1, -0.05) is 0 Å². The minimum Gasteiger partial charge on any atom is -0.497 e. The first-order valence-corrected chi connectivity index (χ1v) is 10.6. The fourth-order valence-corrected chi connectivity index (χ4v) is 3.75. The molecule has 2 aromatic heterocycles. The largest absolute Gasteiger partial charge is 0.497 e. The number of hydrogen-bond donors (Lipinski definition) is 2. The maximum Gasteiger partial charge on any atom is 0.349 e. The quantitative estimate of drug-likeness (QED) is 0.252. The monoisotopic (exact) mass is 488 g/mol. The van der Waals surface area contributed by atoms with E-state index in [0.717, 1.165) is 0 Å². The zero-order valence-corrected chi connectivity index (χ0v) is 19.2. The van der Waals surface area contributed by atoms with Crippen LogP contribution in [-0.4, -0.2) is 26.2 Å². The van der Waals surface area contributed by atoms with Crippen molar-refractivity contribution in [1.29, 1.82) is 0 Å². The number of carbonyl (C=O) groups excluding carboxylic acids is 2. The minimum absolute atomic E-state index is 0.0139. The molecule has 10 nitrogen and oxygen atoms in total. The number of nitrogens with two attached hydrogens (primary N) is 2. The molecule has 5 rings (SSSR count). The highest BCUT2D eigenvalue weighted by atomic mass is 16.5. The molecule has 0 aliphatic heterocycles. The molecule has 5 aromatic rings. The molecule has 182 valence electrons. The molecule has 0 spiro atoms. The minimum atomic E-state index is -0.727. The van der Waals surface area contributed by atoms with E-state index in [4.69, 9.17) is 39.2 Å². The fourth-order valence-electron chi connectivity index (χ4n) is 3.75. The molecule has 10 heteroatoms. The van der Waals surface area contributed by atoms with Crippen molar-refractivity contribution in [1.82, 2.24) is 0 Å². The van der Waals surface area contributed by atoms with Crippen LogP contribution in [0.1, 0.15) is 20.7 Å². The Morgan fingerprint density at radius 3 is 1.28 bits per heavy atom. The predicted octanol–water partition coefficient (Wildman–Crippen LogP) is 4.80. The first-order chi connectivity index (χ1) is 17.4. The number of furan rings is 2. The number of fused-ring (bicyclic) bond motifs is 2. The van der Waals surface area contributed by atoms with Gasteiger partial charge in [0.2, 0.25) is 11.8 Å². The summed E-state index contributed by atoms with van der Waals surface area (Å²) in [5.74, 6) is 0.0640. The zero-order valence-electron chi connectivity index (χ0n) is 19.2. The number of esters is 2. The van der Waals surface area contributed by atoms with Gasteiger partial charge in [-0.05, 0) is 60.7 Å². The van der Waals surface area contributed by atoms with Gasteiger partial charge in [0.25, 0.3) is 0 Å².